The predicted octanol–water partition coefficient (Wildman–Crippen LogP) is 5.28. The standard InChI is InChI=1S/C28H31N3O2/c1-5-31(6-2)22-11-7-20(8-12-22)27-24(17-29)18(3)30-25-15-21(16-26(32)28(25)27)19-9-13-23(33-4)14-10-19/h7-15,21,27-28,30H,5-6,16H2,1-4H3. The Morgan fingerprint density at radius 3 is 2.24 bits per heavy atom. The Hall–Kier alpha value is -3.52. The van der Waals surface area contributed by atoms with E-state index >= 15 is 0 Å². The van der Waals surface area contributed by atoms with E-state index in [1.165, 1.54) is 0 Å². The molecule has 0 bridgehead atoms. The maximum atomic E-state index is 13.5. The Bertz CT molecular complexity index is 1120. The van der Waals surface area contributed by atoms with Crippen LogP contribution in [0, 0.1) is 17.2 Å². The van der Waals surface area contributed by atoms with E-state index in [1.807, 2.05) is 31.2 Å². The van der Waals surface area contributed by atoms with E-state index in [4.69, 9.17) is 4.74 Å². The number of nitrogens with one attached hydrogen (secondary N) is 1. The van der Waals surface area contributed by atoms with Crippen molar-refractivity contribution in [2.45, 2.75) is 39.0 Å². The smallest absolute Gasteiger partial charge is 0.143 e. The van der Waals surface area contributed by atoms with Gasteiger partial charge in [0.25, 0.3) is 0 Å². The molecule has 0 saturated carbocycles. The lowest BCUT2D eigenvalue weighted by Gasteiger charge is -2.38. The van der Waals surface area contributed by atoms with E-state index in [2.05, 4.69) is 60.5 Å². The largest absolute Gasteiger partial charge is 0.497 e. The molecule has 170 valence electrons. The van der Waals surface area contributed by atoms with Crippen molar-refractivity contribution in [1.29, 1.82) is 5.26 Å². The highest BCUT2D eigenvalue weighted by Gasteiger charge is 2.42. The monoisotopic (exact) mass is 441 g/mol. The molecule has 5 heteroatoms. The number of nitriles is 1. The van der Waals surface area contributed by atoms with Crippen LogP contribution in [0.4, 0.5) is 5.69 Å². The molecule has 0 spiro atoms. The van der Waals surface area contributed by atoms with E-state index in [9.17, 15) is 10.1 Å². The van der Waals surface area contributed by atoms with Crippen molar-refractivity contribution in [3.63, 3.8) is 0 Å². The van der Waals surface area contributed by atoms with E-state index in [0.29, 0.717) is 12.0 Å². The second-order valence-corrected chi connectivity index (χ2v) is 8.67. The lowest BCUT2D eigenvalue weighted by Crippen LogP contribution is -2.39. The molecular formula is C28H31N3O2. The molecule has 2 aliphatic rings. The Kier molecular flexibility index (Phi) is 6.55. The summed E-state index contributed by atoms with van der Waals surface area (Å²) in [6.45, 7) is 8.08. The molecule has 1 heterocycles. The zero-order valence-electron chi connectivity index (χ0n) is 19.8. The summed E-state index contributed by atoms with van der Waals surface area (Å²) in [6, 6.07) is 18.6. The Morgan fingerprint density at radius 2 is 1.67 bits per heavy atom. The maximum Gasteiger partial charge on any atom is 0.143 e. The van der Waals surface area contributed by atoms with E-state index in [-0.39, 0.29) is 23.5 Å². The quantitative estimate of drug-likeness (QED) is 0.660. The second kappa shape index (κ2) is 9.54. The fraction of sp³-hybridized carbons (Fsp3) is 0.357. The number of ether oxygens (including phenoxy) is 1. The highest BCUT2D eigenvalue weighted by Crippen LogP contribution is 2.45. The number of fused-ring (bicyclic) bond motifs is 1. The van der Waals surface area contributed by atoms with Crippen molar-refractivity contribution >= 4 is 11.5 Å². The highest BCUT2D eigenvalue weighted by atomic mass is 16.5. The first-order valence-corrected chi connectivity index (χ1v) is 11.6. The SMILES string of the molecule is CCN(CC)c1ccc(C2C(C#N)=C(C)NC3=CC(c4ccc(OC)cc4)CC(=O)C32)cc1. The molecule has 0 saturated heterocycles. The molecule has 3 unspecified atom stereocenters. The fourth-order valence-electron chi connectivity index (χ4n) is 5.12. The number of ketones is 1. The van der Waals surface area contributed by atoms with Crippen molar-refractivity contribution < 1.29 is 9.53 Å². The molecule has 33 heavy (non-hydrogen) atoms. The number of carbonyl (C=O) groups excluding carboxylic acids is 1. The number of Topliss-reactive ketones (excluding diaryl/α,β-unsaturated/α-hetero) is 1. The van der Waals surface area contributed by atoms with E-state index in [1.54, 1.807) is 7.11 Å². The fourth-order valence-corrected chi connectivity index (χ4v) is 5.12. The molecule has 5 nitrogen and oxygen atoms in total. The Morgan fingerprint density at radius 1 is 1.03 bits per heavy atom. The Balaban J connectivity index is 1.72. The normalized spacial score (nSPS) is 22.1. The van der Waals surface area contributed by atoms with Gasteiger partial charge in [0, 0.05) is 48.4 Å². The lowest BCUT2D eigenvalue weighted by molar-refractivity contribution is -0.123. The van der Waals surface area contributed by atoms with Crippen LogP contribution in [0.1, 0.15) is 50.2 Å². The van der Waals surface area contributed by atoms with Crippen LogP contribution in [0.5, 0.6) is 5.75 Å². The molecule has 0 aromatic heterocycles. The van der Waals surface area contributed by atoms with Gasteiger partial charge in [-0.25, -0.2) is 0 Å². The topological polar surface area (TPSA) is 65.4 Å². The molecular weight excluding hydrogens is 410 g/mol. The number of allylic oxidation sites excluding steroid dienone is 4. The highest BCUT2D eigenvalue weighted by molar-refractivity contribution is 5.88. The maximum absolute atomic E-state index is 13.5. The van der Waals surface area contributed by atoms with Crippen molar-refractivity contribution in [2.75, 3.05) is 25.1 Å². The third kappa shape index (κ3) is 4.26. The molecule has 4 rings (SSSR count). The third-order valence-electron chi connectivity index (χ3n) is 6.91. The van der Waals surface area contributed by atoms with Gasteiger partial charge in [-0.2, -0.15) is 5.26 Å². The average Bonchev–Trinajstić information content (AvgIpc) is 2.84. The summed E-state index contributed by atoms with van der Waals surface area (Å²) in [5.41, 5.74) is 5.62. The van der Waals surface area contributed by atoms with Crippen LogP contribution in [0.25, 0.3) is 0 Å². The van der Waals surface area contributed by atoms with Gasteiger partial charge in [-0.1, -0.05) is 30.3 Å². The van der Waals surface area contributed by atoms with Gasteiger partial charge in [-0.05, 0) is 56.2 Å². The predicted molar refractivity (Wildman–Crippen MR) is 131 cm³/mol. The molecule has 0 radical (unpaired) electrons. The molecule has 0 fully saturated rings. The summed E-state index contributed by atoms with van der Waals surface area (Å²) in [5.74, 6) is 0.339. The first kappa shape index (κ1) is 22.7. The average molecular weight is 442 g/mol. The van der Waals surface area contributed by atoms with Crippen molar-refractivity contribution in [1.82, 2.24) is 5.32 Å². The zero-order chi connectivity index (χ0) is 23.5. The van der Waals surface area contributed by atoms with Crippen molar-refractivity contribution in [2.24, 2.45) is 5.92 Å². The minimum Gasteiger partial charge on any atom is -0.497 e. The van der Waals surface area contributed by atoms with Gasteiger partial charge >= 0.3 is 0 Å². The molecule has 0 amide bonds. The number of carbonyl (C=O) groups is 1. The zero-order valence-corrected chi connectivity index (χ0v) is 19.8. The van der Waals surface area contributed by atoms with Crippen molar-refractivity contribution in [3.8, 4) is 11.8 Å². The van der Waals surface area contributed by atoms with Crippen molar-refractivity contribution in [3.05, 3.63) is 82.7 Å². The third-order valence-corrected chi connectivity index (χ3v) is 6.91. The number of nitrogens with zero attached hydrogens (tertiary/aromatic N) is 2. The van der Waals surface area contributed by atoms with Gasteiger partial charge < -0.3 is 15.0 Å². The molecule has 1 aliphatic carbocycles. The lowest BCUT2D eigenvalue weighted by atomic mass is 9.69. The van der Waals surface area contributed by atoms with Gasteiger partial charge in [0.05, 0.1) is 24.7 Å². The Labute approximate surface area is 196 Å². The van der Waals surface area contributed by atoms with Gasteiger partial charge in [-0.15, -0.1) is 0 Å². The molecule has 1 aliphatic heterocycles. The summed E-state index contributed by atoms with van der Waals surface area (Å²) in [6.07, 6.45) is 2.59. The van der Waals surface area contributed by atoms with Crippen LogP contribution < -0.4 is 15.0 Å². The van der Waals surface area contributed by atoms with Crippen LogP contribution >= 0.6 is 0 Å². The van der Waals surface area contributed by atoms with Crippen LogP contribution in [-0.2, 0) is 4.79 Å². The number of hydrogen-bond donors (Lipinski definition) is 1. The summed E-state index contributed by atoms with van der Waals surface area (Å²) in [4.78, 5) is 15.8. The number of rotatable bonds is 6. The van der Waals surface area contributed by atoms with Gasteiger partial charge in [-0.3, -0.25) is 4.79 Å². The summed E-state index contributed by atoms with van der Waals surface area (Å²) in [5, 5.41) is 13.4. The van der Waals surface area contributed by atoms with E-state index in [0.717, 1.165) is 47.0 Å². The van der Waals surface area contributed by atoms with Gasteiger partial charge in [0.15, 0.2) is 0 Å². The molecule has 1 N–H and O–H groups in total. The van der Waals surface area contributed by atoms with Gasteiger partial charge in [0.1, 0.15) is 11.5 Å². The van der Waals surface area contributed by atoms with Crippen LogP contribution in [0.2, 0.25) is 0 Å². The van der Waals surface area contributed by atoms with E-state index < -0.39 is 0 Å². The summed E-state index contributed by atoms with van der Waals surface area (Å²) < 4.78 is 5.27. The molecule has 3 atom stereocenters. The first-order valence-electron chi connectivity index (χ1n) is 11.6. The number of benzene rings is 2. The minimum absolute atomic E-state index is 0.00397. The van der Waals surface area contributed by atoms with Crippen LogP contribution in [-0.4, -0.2) is 26.0 Å². The first-order chi connectivity index (χ1) is 16.0. The number of methoxy groups -OCH3 is 1. The van der Waals surface area contributed by atoms with Gasteiger partial charge in [0.2, 0.25) is 0 Å². The summed E-state index contributed by atoms with van der Waals surface area (Å²) >= 11 is 0. The minimum atomic E-state index is -0.364. The van der Waals surface area contributed by atoms with Crippen LogP contribution in [0.3, 0.4) is 0 Å². The molecule has 2 aromatic rings. The number of hydrogen-bond acceptors (Lipinski definition) is 5. The summed E-state index contributed by atoms with van der Waals surface area (Å²) in [7, 11) is 1.65. The number of anilines is 1. The van der Waals surface area contributed by atoms with Crippen LogP contribution in [0.15, 0.2) is 71.6 Å². The molecule has 2 aromatic carbocycles. The second-order valence-electron chi connectivity index (χ2n) is 8.67.